The summed E-state index contributed by atoms with van der Waals surface area (Å²) in [6.07, 6.45) is 14.2. The molecule has 0 amide bonds. The van der Waals surface area contributed by atoms with Gasteiger partial charge in [-0.05, 0) is 32.6 Å². The lowest BCUT2D eigenvalue weighted by atomic mass is 10.1. The van der Waals surface area contributed by atoms with Crippen molar-refractivity contribution in [3.05, 3.63) is 12.2 Å². The predicted octanol–water partition coefficient (Wildman–Crippen LogP) is 5.74. The lowest BCUT2D eigenvalue weighted by Crippen LogP contribution is -2.07. The van der Waals surface area contributed by atoms with Crippen LogP contribution in [0.25, 0.3) is 0 Å². The van der Waals surface area contributed by atoms with Crippen LogP contribution in [0.1, 0.15) is 97.3 Å². The molecule has 0 aromatic heterocycles. The maximum absolute atomic E-state index is 11.6. The third kappa shape index (κ3) is 17.3. The fourth-order valence-electron chi connectivity index (χ4n) is 2.51. The molecule has 0 radical (unpaired) electrons. The van der Waals surface area contributed by atoms with E-state index in [-0.39, 0.29) is 11.9 Å². The fourth-order valence-corrected chi connectivity index (χ4v) is 2.51. The van der Waals surface area contributed by atoms with Crippen LogP contribution in [0.5, 0.6) is 0 Å². The number of rotatable bonds is 17. The summed E-state index contributed by atoms with van der Waals surface area (Å²) in [6, 6.07) is 0. The Labute approximate surface area is 154 Å². The summed E-state index contributed by atoms with van der Waals surface area (Å²) >= 11 is 0. The molecule has 0 saturated heterocycles. The smallest absolute Gasteiger partial charge is 0.333 e. The van der Waals surface area contributed by atoms with Crippen molar-refractivity contribution in [1.82, 2.24) is 0 Å². The fraction of sp³-hybridized carbons (Fsp3) is 0.810. The second-order valence-corrected chi connectivity index (χ2v) is 6.78. The van der Waals surface area contributed by atoms with Crippen molar-refractivity contribution < 1.29 is 19.1 Å². The number of hydrogen-bond donors (Lipinski definition) is 0. The molecule has 25 heavy (non-hydrogen) atoms. The monoisotopic (exact) mass is 354 g/mol. The summed E-state index contributed by atoms with van der Waals surface area (Å²) in [6.45, 7) is 8.33. The van der Waals surface area contributed by atoms with E-state index in [0.717, 1.165) is 32.1 Å². The van der Waals surface area contributed by atoms with Gasteiger partial charge in [-0.2, -0.15) is 0 Å². The Balaban J connectivity index is 3.26. The van der Waals surface area contributed by atoms with Crippen LogP contribution in [0.2, 0.25) is 0 Å². The molecule has 4 heteroatoms. The Morgan fingerprint density at radius 2 is 1.20 bits per heavy atom. The van der Waals surface area contributed by atoms with E-state index in [1.165, 1.54) is 44.9 Å². The Hall–Kier alpha value is -1.32. The van der Waals surface area contributed by atoms with Gasteiger partial charge in [0.2, 0.25) is 0 Å². The molecule has 0 atom stereocenters. The van der Waals surface area contributed by atoms with E-state index in [4.69, 9.17) is 9.47 Å². The Kier molecular flexibility index (Phi) is 16.6. The van der Waals surface area contributed by atoms with E-state index in [2.05, 4.69) is 13.5 Å². The first kappa shape index (κ1) is 23.7. The van der Waals surface area contributed by atoms with Crippen LogP contribution in [0.3, 0.4) is 0 Å². The highest BCUT2D eigenvalue weighted by molar-refractivity contribution is 5.86. The van der Waals surface area contributed by atoms with Gasteiger partial charge in [0, 0.05) is 12.0 Å². The second kappa shape index (κ2) is 17.5. The van der Waals surface area contributed by atoms with Crippen LogP contribution >= 0.6 is 0 Å². The summed E-state index contributed by atoms with van der Waals surface area (Å²) in [5, 5.41) is 0. The van der Waals surface area contributed by atoms with Crippen molar-refractivity contribution >= 4 is 11.9 Å². The molecule has 0 aromatic carbocycles. The standard InChI is InChI=1S/C21H38O4/c1-4-5-6-7-8-9-10-11-14-17-24-20(22)16-13-12-15-18-25-21(23)19(2)3/h2,4-18H2,1,3H3. The summed E-state index contributed by atoms with van der Waals surface area (Å²) in [4.78, 5) is 22.7. The van der Waals surface area contributed by atoms with E-state index in [1.807, 2.05) is 0 Å². The molecule has 4 nitrogen and oxygen atoms in total. The van der Waals surface area contributed by atoms with Crippen molar-refractivity contribution in [3.63, 3.8) is 0 Å². The van der Waals surface area contributed by atoms with Gasteiger partial charge in [-0.3, -0.25) is 4.79 Å². The quantitative estimate of drug-likeness (QED) is 0.190. The van der Waals surface area contributed by atoms with Crippen LogP contribution in [-0.4, -0.2) is 25.2 Å². The van der Waals surface area contributed by atoms with Crippen molar-refractivity contribution in [2.45, 2.75) is 97.3 Å². The molecule has 0 spiro atoms. The van der Waals surface area contributed by atoms with Gasteiger partial charge >= 0.3 is 11.9 Å². The van der Waals surface area contributed by atoms with Gasteiger partial charge in [-0.25, -0.2) is 4.79 Å². The van der Waals surface area contributed by atoms with Crippen molar-refractivity contribution in [2.24, 2.45) is 0 Å². The molecule has 0 aliphatic rings. The SMILES string of the molecule is C=C(C)C(=O)OCCCCCC(=O)OCCCCCCCCCCC. The highest BCUT2D eigenvalue weighted by atomic mass is 16.5. The van der Waals surface area contributed by atoms with Crippen molar-refractivity contribution in [1.29, 1.82) is 0 Å². The third-order valence-electron chi connectivity index (χ3n) is 4.12. The third-order valence-corrected chi connectivity index (χ3v) is 4.12. The molecule has 146 valence electrons. The van der Waals surface area contributed by atoms with Gasteiger partial charge in [0.15, 0.2) is 0 Å². The summed E-state index contributed by atoms with van der Waals surface area (Å²) in [5.74, 6) is -0.459. The minimum absolute atomic E-state index is 0.113. The minimum Gasteiger partial charge on any atom is -0.466 e. The predicted molar refractivity (Wildman–Crippen MR) is 102 cm³/mol. The van der Waals surface area contributed by atoms with Gasteiger partial charge < -0.3 is 9.47 Å². The molecule has 0 fully saturated rings. The Morgan fingerprint density at radius 3 is 1.76 bits per heavy atom. The summed E-state index contributed by atoms with van der Waals surface area (Å²) < 4.78 is 10.2. The number of hydrogen-bond acceptors (Lipinski definition) is 4. The Bertz CT molecular complexity index is 363. The lowest BCUT2D eigenvalue weighted by Gasteiger charge is -2.06. The van der Waals surface area contributed by atoms with Gasteiger partial charge in [0.05, 0.1) is 13.2 Å². The molecule has 0 aliphatic carbocycles. The van der Waals surface area contributed by atoms with E-state index >= 15 is 0 Å². The summed E-state index contributed by atoms with van der Waals surface area (Å²) in [5.41, 5.74) is 0.417. The lowest BCUT2D eigenvalue weighted by molar-refractivity contribution is -0.144. The molecule has 0 saturated carbocycles. The highest BCUT2D eigenvalue weighted by Gasteiger charge is 2.04. The highest BCUT2D eigenvalue weighted by Crippen LogP contribution is 2.10. The first-order chi connectivity index (χ1) is 12.1. The molecule has 0 rings (SSSR count). The summed E-state index contributed by atoms with van der Waals surface area (Å²) in [7, 11) is 0. The van der Waals surface area contributed by atoms with E-state index in [0.29, 0.717) is 25.2 Å². The normalized spacial score (nSPS) is 10.5. The van der Waals surface area contributed by atoms with Gasteiger partial charge in [0.1, 0.15) is 0 Å². The average molecular weight is 355 g/mol. The first-order valence-corrected chi connectivity index (χ1v) is 10.1. The van der Waals surface area contributed by atoms with Crippen LogP contribution in [0.15, 0.2) is 12.2 Å². The zero-order valence-corrected chi connectivity index (χ0v) is 16.4. The molecule has 0 N–H and O–H groups in total. The van der Waals surface area contributed by atoms with E-state index in [9.17, 15) is 9.59 Å². The number of esters is 2. The van der Waals surface area contributed by atoms with Crippen LogP contribution in [0.4, 0.5) is 0 Å². The van der Waals surface area contributed by atoms with Crippen LogP contribution in [0, 0.1) is 0 Å². The number of unbranched alkanes of at least 4 members (excludes halogenated alkanes) is 10. The van der Waals surface area contributed by atoms with Crippen molar-refractivity contribution in [3.8, 4) is 0 Å². The zero-order chi connectivity index (χ0) is 18.8. The molecular formula is C21H38O4. The molecule has 0 unspecified atom stereocenters. The van der Waals surface area contributed by atoms with E-state index < -0.39 is 0 Å². The van der Waals surface area contributed by atoms with Gasteiger partial charge in [-0.15, -0.1) is 0 Å². The molecule has 0 aliphatic heterocycles. The topological polar surface area (TPSA) is 52.6 Å². The first-order valence-electron chi connectivity index (χ1n) is 10.1. The largest absolute Gasteiger partial charge is 0.466 e. The zero-order valence-electron chi connectivity index (χ0n) is 16.4. The minimum atomic E-state index is -0.347. The number of ether oxygens (including phenoxy) is 2. The second-order valence-electron chi connectivity index (χ2n) is 6.78. The Morgan fingerprint density at radius 1 is 0.720 bits per heavy atom. The van der Waals surface area contributed by atoms with Crippen LogP contribution < -0.4 is 0 Å². The van der Waals surface area contributed by atoms with Crippen LogP contribution in [-0.2, 0) is 19.1 Å². The van der Waals surface area contributed by atoms with Crippen molar-refractivity contribution in [2.75, 3.05) is 13.2 Å². The number of carbonyl (C=O) groups is 2. The average Bonchev–Trinajstić information content (AvgIpc) is 2.59. The molecule has 0 heterocycles. The van der Waals surface area contributed by atoms with Gasteiger partial charge in [-0.1, -0.05) is 64.9 Å². The maximum Gasteiger partial charge on any atom is 0.333 e. The van der Waals surface area contributed by atoms with E-state index in [1.54, 1.807) is 6.92 Å². The number of carbonyl (C=O) groups excluding carboxylic acids is 2. The maximum atomic E-state index is 11.6. The molecule has 0 bridgehead atoms. The molecule has 0 aromatic rings. The molecular weight excluding hydrogens is 316 g/mol. The van der Waals surface area contributed by atoms with Gasteiger partial charge in [0.25, 0.3) is 0 Å².